The van der Waals surface area contributed by atoms with Crippen molar-refractivity contribution in [1.29, 1.82) is 0 Å². The van der Waals surface area contributed by atoms with Crippen molar-refractivity contribution in [1.82, 2.24) is 24.4 Å². The average molecular weight is 335 g/mol. The summed E-state index contributed by atoms with van der Waals surface area (Å²) in [7, 11) is 3.49. The molecule has 1 saturated heterocycles. The van der Waals surface area contributed by atoms with Crippen LogP contribution in [-0.4, -0.2) is 50.5 Å². The molecule has 0 N–H and O–H groups in total. The molecule has 7 nitrogen and oxygen atoms in total. The summed E-state index contributed by atoms with van der Waals surface area (Å²) >= 11 is 0. The Morgan fingerprint density at radius 3 is 2.42 bits per heavy atom. The molecule has 1 amide bonds. The SMILES string of the molecule is CC.CCC(=O)N1CCCC1.COc1ncnc2c1nc(C)n2C. The van der Waals surface area contributed by atoms with Gasteiger partial charge in [-0.2, -0.15) is 4.98 Å². The largest absolute Gasteiger partial charge is 0.479 e. The number of aryl methyl sites for hydroxylation is 2. The van der Waals surface area contributed by atoms with Crippen LogP contribution in [0.1, 0.15) is 45.9 Å². The Labute approximate surface area is 144 Å². The number of carbonyl (C=O) groups excluding carboxylic acids is 1. The van der Waals surface area contributed by atoms with Crippen LogP contribution in [-0.2, 0) is 11.8 Å². The standard InChI is InChI=1S/C8H10N4O.C7H13NO.C2H6/c1-5-11-6-7(12(5)2)9-4-10-8(6)13-3;1-2-7(9)8-5-3-4-6-8;1-2/h4H,1-3H3;2-6H2,1H3;1-2H3. The summed E-state index contributed by atoms with van der Waals surface area (Å²) in [5, 5.41) is 0. The van der Waals surface area contributed by atoms with E-state index in [1.54, 1.807) is 7.11 Å². The van der Waals surface area contributed by atoms with Crippen LogP contribution in [0.4, 0.5) is 0 Å². The smallest absolute Gasteiger partial charge is 0.245 e. The molecule has 1 aliphatic rings. The molecule has 3 rings (SSSR count). The second kappa shape index (κ2) is 9.85. The predicted octanol–water partition coefficient (Wildman–Crippen LogP) is 2.73. The van der Waals surface area contributed by atoms with Crippen LogP contribution in [0, 0.1) is 6.92 Å². The zero-order valence-corrected chi connectivity index (χ0v) is 15.7. The Kier molecular flexibility index (Phi) is 8.15. The number of nitrogens with zero attached hydrogens (tertiary/aromatic N) is 5. The molecule has 3 heterocycles. The molecule has 0 atom stereocenters. The minimum Gasteiger partial charge on any atom is -0.479 e. The lowest BCUT2D eigenvalue weighted by Gasteiger charge is -2.12. The molecular formula is C17H29N5O2. The van der Waals surface area contributed by atoms with Gasteiger partial charge < -0.3 is 14.2 Å². The van der Waals surface area contributed by atoms with E-state index >= 15 is 0 Å². The fraction of sp³-hybridized carbons (Fsp3) is 0.647. The van der Waals surface area contributed by atoms with Crippen molar-refractivity contribution in [2.75, 3.05) is 20.2 Å². The van der Waals surface area contributed by atoms with Crippen molar-refractivity contribution in [3.05, 3.63) is 12.2 Å². The predicted molar refractivity (Wildman–Crippen MR) is 95.0 cm³/mol. The van der Waals surface area contributed by atoms with Crippen molar-refractivity contribution < 1.29 is 9.53 Å². The van der Waals surface area contributed by atoms with Gasteiger partial charge in [-0.1, -0.05) is 20.8 Å². The number of methoxy groups -OCH3 is 1. The number of aromatic nitrogens is 4. The summed E-state index contributed by atoms with van der Waals surface area (Å²) in [6.07, 6.45) is 4.54. The molecule has 0 bridgehead atoms. The number of carbonyl (C=O) groups is 1. The van der Waals surface area contributed by atoms with Crippen molar-refractivity contribution in [2.24, 2.45) is 7.05 Å². The molecule has 0 saturated carbocycles. The Bertz CT molecular complexity index is 648. The maximum absolute atomic E-state index is 10.9. The van der Waals surface area contributed by atoms with Crippen molar-refractivity contribution in [3.63, 3.8) is 0 Å². The van der Waals surface area contributed by atoms with Gasteiger partial charge in [-0.3, -0.25) is 4.79 Å². The third kappa shape index (κ3) is 4.66. The van der Waals surface area contributed by atoms with Crippen molar-refractivity contribution >= 4 is 17.1 Å². The number of likely N-dealkylation sites (tertiary alicyclic amines) is 1. The number of fused-ring (bicyclic) bond motifs is 1. The van der Waals surface area contributed by atoms with Gasteiger partial charge in [-0.05, 0) is 19.8 Å². The first-order chi connectivity index (χ1) is 11.6. The molecule has 1 aliphatic heterocycles. The lowest BCUT2D eigenvalue weighted by atomic mass is 10.4. The van der Waals surface area contributed by atoms with Crippen LogP contribution in [0.3, 0.4) is 0 Å². The van der Waals surface area contributed by atoms with E-state index in [2.05, 4.69) is 15.0 Å². The molecule has 0 aliphatic carbocycles. The number of hydrogen-bond donors (Lipinski definition) is 0. The quantitative estimate of drug-likeness (QED) is 0.844. The van der Waals surface area contributed by atoms with Gasteiger partial charge >= 0.3 is 0 Å². The van der Waals surface area contributed by atoms with Crippen LogP contribution in [0.2, 0.25) is 0 Å². The van der Waals surface area contributed by atoms with Crippen LogP contribution in [0.25, 0.3) is 11.2 Å². The van der Waals surface area contributed by atoms with E-state index in [9.17, 15) is 4.79 Å². The molecule has 0 spiro atoms. The number of hydrogen-bond acceptors (Lipinski definition) is 5. The fourth-order valence-electron chi connectivity index (χ4n) is 2.43. The van der Waals surface area contributed by atoms with E-state index in [1.165, 1.54) is 19.2 Å². The Hall–Kier alpha value is -2.18. The lowest BCUT2D eigenvalue weighted by molar-refractivity contribution is -0.129. The van der Waals surface area contributed by atoms with Gasteiger partial charge in [0.15, 0.2) is 11.2 Å². The van der Waals surface area contributed by atoms with E-state index in [-0.39, 0.29) is 0 Å². The van der Waals surface area contributed by atoms with Gasteiger partial charge in [0, 0.05) is 26.6 Å². The summed E-state index contributed by atoms with van der Waals surface area (Å²) in [6.45, 7) is 9.82. The van der Waals surface area contributed by atoms with Crippen LogP contribution >= 0.6 is 0 Å². The van der Waals surface area contributed by atoms with Crippen LogP contribution in [0.5, 0.6) is 5.88 Å². The zero-order chi connectivity index (χ0) is 18.1. The van der Waals surface area contributed by atoms with Crippen molar-refractivity contribution in [3.8, 4) is 5.88 Å². The topological polar surface area (TPSA) is 73.1 Å². The summed E-state index contributed by atoms with van der Waals surface area (Å²) in [5.74, 6) is 1.73. The average Bonchev–Trinajstić information content (AvgIpc) is 3.26. The maximum Gasteiger partial charge on any atom is 0.245 e. The van der Waals surface area contributed by atoms with Gasteiger partial charge in [0.1, 0.15) is 12.2 Å². The van der Waals surface area contributed by atoms with Gasteiger partial charge in [0.2, 0.25) is 11.8 Å². The molecule has 134 valence electrons. The molecule has 0 radical (unpaired) electrons. The Morgan fingerprint density at radius 1 is 1.25 bits per heavy atom. The van der Waals surface area contributed by atoms with E-state index < -0.39 is 0 Å². The molecular weight excluding hydrogens is 306 g/mol. The minimum atomic E-state index is 0.313. The highest BCUT2D eigenvalue weighted by Crippen LogP contribution is 2.19. The molecule has 7 heteroatoms. The maximum atomic E-state index is 10.9. The molecule has 2 aromatic heterocycles. The van der Waals surface area contributed by atoms with Gasteiger partial charge in [0.05, 0.1) is 7.11 Å². The number of ether oxygens (including phenoxy) is 1. The third-order valence-corrected chi connectivity index (χ3v) is 3.80. The third-order valence-electron chi connectivity index (χ3n) is 3.80. The first kappa shape index (κ1) is 19.9. The first-order valence-electron chi connectivity index (χ1n) is 8.54. The Balaban J connectivity index is 0.000000230. The normalized spacial score (nSPS) is 13.0. The second-order valence-electron chi connectivity index (χ2n) is 5.21. The molecule has 0 aromatic carbocycles. The monoisotopic (exact) mass is 335 g/mol. The van der Waals surface area contributed by atoms with Gasteiger partial charge in [-0.15, -0.1) is 0 Å². The highest BCUT2D eigenvalue weighted by Gasteiger charge is 2.15. The van der Waals surface area contributed by atoms with E-state index in [0.29, 0.717) is 23.7 Å². The zero-order valence-electron chi connectivity index (χ0n) is 15.7. The van der Waals surface area contributed by atoms with Gasteiger partial charge in [-0.25, -0.2) is 9.97 Å². The second-order valence-corrected chi connectivity index (χ2v) is 5.21. The van der Waals surface area contributed by atoms with E-state index in [1.807, 2.05) is 44.2 Å². The molecule has 24 heavy (non-hydrogen) atoms. The summed E-state index contributed by atoms with van der Waals surface area (Å²) in [5.41, 5.74) is 1.51. The number of imidazole rings is 1. The molecule has 0 unspecified atom stereocenters. The molecule has 1 fully saturated rings. The van der Waals surface area contributed by atoms with E-state index in [0.717, 1.165) is 24.6 Å². The first-order valence-corrected chi connectivity index (χ1v) is 8.54. The fourth-order valence-corrected chi connectivity index (χ4v) is 2.43. The summed E-state index contributed by atoms with van der Waals surface area (Å²) in [6, 6.07) is 0. The minimum absolute atomic E-state index is 0.313. The van der Waals surface area contributed by atoms with Gasteiger partial charge in [0.25, 0.3) is 0 Å². The lowest BCUT2D eigenvalue weighted by Crippen LogP contribution is -2.26. The van der Waals surface area contributed by atoms with Crippen LogP contribution in [0.15, 0.2) is 6.33 Å². The number of amides is 1. The summed E-state index contributed by atoms with van der Waals surface area (Å²) in [4.78, 5) is 25.3. The molecule has 2 aromatic rings. The summed E-state index contributed by atoms with van der Waals surface area (Å²) < 4.78 is 6.97. The number of rotatable bonds is 2. The highest BCUT2D eigenvalue weighted by molar-refractivity contribution is 5.76. The highest BCUT2D eigenvalue weighted by atomic mass is 16.5. The van der Waals surface area contributed by atoms with Crippen molar-refractivity contribution in [2.45, 2.75) is 47.0 Å². The van der Waals surface area contributed by atoms with Crippen LogP contribution < -0.4 is 4.74 Å². The Morgan fingerprint density at radius 2 is 1.88 bits per heavy atom. The van der Waals surface area contributed by atoms with E-state index in [4.69, 9.17) is 4.74 Å².